The fraction of sp³-hybridized carbons (Fsp3) is 1.00. The Hall–Kier alpha value is 0.310. The van der Waals surface area contributed by atoms with Gasteiger partial charge in [0.25, 0.3) is 0 Å². The van der Waals surface area contributed by atoms with E-state index in [0.717, 1.165) is 11.8 Å². The van der Waals surface area contributed by atoms with Crippen molar-refractivity contribution in [1.29, 1.82) is 0 Å². The lowest BCUT2D eigenvalue weighted by atomic mass is 9.96. The molecule has 2 atom stereocenters. The Bertz CT molecular complexity index is 132. The quantitative estimate of drug-likeness (QED) is 0.685. The lowest BCUT2D eigenvalue weighted by molar-refractivity contribution is 0.255. The molecule has 0 aromatic carbocycles. The fourth-order valence-electron chi connectivity index (χ4n) is 2.20. The average Bonchev–Trinajstić information content (AvgIpc) is 2.85. The predicted molar refractivity (Wildman–Crippen MR) is 48.7 cm³/mol. The summed E-state index contributed by atoms with van der Waals surface area (Å²) < 4.78 is 0. The Morgan fingerprint density at radius 1 is 1.27 bits per heavy atom. The molecule has 2 fully saturated rings. The van der Waals surface area contributed by atoms with E-state index in [1.165, 1.54) is 30.8 Å². The summed E-state index contributed by atoms with van der Waals surface area (Å²) in [5.74, 6) is 5.27. The van der Waals surface area contributed by atoms with Gasteiger partial charge < -0.3 is 5.11 Å². The molecular weight excluding hydrogens is 156 g/mol. The molecule has 11 heavy (non-hydrogen) atoms. The zero-order valence-electron chi connectivity index (χ0n) is 6.83. The number of aliphatic hydroxyl groups is 1. The highest BCUT2D eigenvalue weighted by Gasteiger charge is 2.42. The summed E-state index contributed by atoms with van der Waals surface area (Å²) in [6.07, 6.45) is 4.13. The lowest BCUT2D eigenvalue weighted by Crippen LogP contribution is -2.13. The molecule has 1 nitrogen and oxygen atoms in total. The summed E-state index contributed by atoms with van der Waals surface area (Å²) in [4.78, 5) is 0. The summed E-state index contributed by atoms with van der Waals surface area (Å²) in [6.45, 7) is 0.439. The molecule has 2 heteroatoms. The zero-order chi connectivity index (χ0) is 7.68. The minimum absolute atomic E-state index is 0.439. The summed E-state index contributed by atoms with van der Waals surface area (Å²) in [6, 6.07) is 0. The summed E-state index contributed by atoms with van der Waals surface area (Å²) in [7, 11) is 0. The first-order valence-corrected chi connectivity index (χ1v) is 5.76. The molecule has 0 amide bonds. The van der Waals surface area contributed by atoms with E-state index < -0.39 is 0 Å². The maximum Gasteiger partial charge on any atom is 0.0462 e. The molecule has 1 N–H and O–H groups in total. The van der Waals surface area contributed by atoms with E-state index in [-0.39, 0.29) is 0 Å². The Labute approximate surface area is 72.6 Å². The number of hydrogen-bond donors (Lipinski definition) is 1. The molecule has 1 saturated heterocycles. The number of rotatable bonds is 2. The average molecular weight is 172 g/mol. The van der Waals surface area contributed by atoms with Gasteiger partial charge in [-0.05, 0) is 48.5 Å². The van der Waals surface area contributed by atoms with Crippen molar-refractivity contribution in [2.75, 3.05) is 18.1 Å². The first-order chi connectivity index (χ1) is 5.42. The van der Waals surface area contributed by atoms with Crippen LogP contribution in [-0.4, -0.2) is 23.2 Å². The van der Waals surface area contributed by atoms with Crippen LogP contribution in [0.4, 0.5) is 0 Å². The van der Waals surface area contributed by atoms with E-state index in [1.807, 2.05) is 0 Å². The Morgan fingerprint density at radius 2 is 2.00 bits per heavy atom. The van der Waals surface area contributed by atoms with Crippen LogP contribution in [0.25, 0.3) is 0 Å². The molecule has 1 heterocycles. The van der Waals surface area contributed by atoms with Crippen LogP contribution in [0, 0.1) is 17.8 Å². The Kier molecular flexibility index (Phi) is 2.42. The summed E-state index contributed by atoms with van der Waals surface area (Å²) >= 11 is 2.09. The molecule has 0 aromatic rings. The molecular formula is C9H16OS. The molecule has 2 rings (SSSR count). The standard InChI is InChI=1S/C9H16OS/c10-6-8-5-9(8)7-1-3-11-4-2-7/h7-10H,1-6H2. The van der Waals surface area contributed by atoms with Crippen LogP contribution in [0.3, 0.4) is 0 Å². The maximum absolute atomic E-state index is 8.90. The predicted octanol–water partition coefficient (Wildman–Crippen LogP) is 1.76. The fourth-order valence-corrected chi connectivity index (χ4v) is 3.35. The van der Waals surface area contributed by atoms with Crippen molar-refractivity contribution in [3.05, 3.63) is 0 Å². The topological polar surface area (TPSA) is 20.2 Å². The molecule has 0 aromatic heterocycles. The van der Waals surface area contributed by atoms with Gasteiger partial charge in [-0.15, -0.1) is 0 Å². The van der Waals surface area contributed by atoms with Crippen molar-refractivity contribution in [3.8, 4) is 0 Å². The van der Waals surface area contributed by atoms with Gasteiger partial charge in [0.2, 0.25) is 0 Å². The highest BCUT2D eigenvalue weighted by atomic mass is 32.2. The summed E-state index contributed by atoms with van der Waals surface area (Å²) in [5.41, 5.74) is 0. The van der Waals surface area contributed by atoms with E-state index in [2.05, 4.69) is 11.8 Å². The van der Waals surface area contributed by atoms with Crippen LogP contribution < -0.4 is 0 Å². The highest BCUT2D eigenvalue weighted by molar-refractivity contribution is 7.99. The number of aliphatic hydroxyl groups excluding tert-OH is 1. The third-order valence-electron chi connectivity index (χ3n) is 3.08. The Morgan fingerprint density at radius 3 is 2.55 bits per heavy atom. The first kappa shape index (κ1) is 7.93. The smallest absolute Gasteiger partial charge is 0.0462 e. The SMILES string of the molecule is OCC1CC1C1CCSCC1. The van der Waals surface area contributed by atoms with Gasteiger partial charge in [-0.2, -0.15) is 11.8 Å². The monoisotopic (exact) mass is 172 g/mol. The van der Waals surface area contributed by atoms with Crippen LogP contribution >= 0.6 is 11.8 Å². The van der Waals surface area contributed by atoms with Crippen molar-refractivity contribution in [2.45, 2.75) is 19.3 Å². The van der Waals surface area contributed by atoms with E-state index in [0.29, 0.717) is 12.5 Å². The second kappa shape index (κ2) is 3.36. The molecule has 64 valence electrons. The number of hydrogen-bond acceptors (Lipinski definition) is 2. The third-order valence-corrected chi connectivity index (χ3v) is 4.13. The van der Waals surface area contributed by atoms with Crippen molar-refractivity contribution >= 4 is 11.8 Å². The van der Waals surface area contributed by atoms with E-state index >= 15 is 0 Å². The maximum atomic E-state index is 8.90. The molecule has 0 radical (unpaired) electrons. The molecule has 2 aliphatic rings. The first-order valence-electron chi connectivity index (χ1n) is 4.60. The van der Waals surface area contributed by atoms with Crippen LogP contribution in [0.2, 0.25) is 0 Å². The lowest BCUT2D eigenvalue weighted by Gasteiger charge is -2.21. The van der Waals surface area contributed by atoms with Gasteiger partial charge in [-0.25, -0.2) is 0 Å². The van der Waals surface area contributed by atoms with Crippen LogP contribution in [0.15, 0.2) is 0 Å². The second-order valence-electron chi connectivity index (χ2n) is 3.79. The minimum Gasteiger partial charge on any atom is -0.396 e. The van der Waals surface area contributed by atoms with E-state index in [9.17, 15) is 0 Å². The molecule has 1 aliphatic heterocycles. The van der Waals surface area contributed by atoms with Crippen LogP contribution in [-0.2, 0) is 0 Å². The van der Waals surface area contributed by atoms with Gasteiger partial charge in [0, 0.05) is 6.61 Å². The summed E-state index contributed by atoms with van der Waals surface area (Å²) in [5, 5.41) is 8.90. The van der Waals surface area contributed by atoms with Gasteiger partial charge in [0.1, 0.15) is 0 Å². The molecule has 2 unspecified atom stereocenters. The van der Waals surface area contributed by atoms with Gasteiger partial charge in [0.05, 0.1) is 0 Å². The Balaban J connectivity index is 1.77. The van der Waals surface area contributed by atoms with Gasteiger partial charge >= 0.3 is 0 Å². The van der Waals surface area contributed by atoms with Crippen molar-refractivity contribution < 1.29 is 5.11 Å². The molecule has 1 aliphatic carbocycles. The molecule has 0 bridgehead atoms. The second-order valence-corrected chi connectivity index (χ2v) is 5.02. The van der Waals surface area contributed by atoms with E-state index in [1.54, 1.807) is 0 Å². The minimum atomic E-state index is 0.439. The molecule has 1 saturated carbocycles. The van der Waals surface area contributed by atoms with Gasteiger partial charge in [-0.1, -0.05) is 0 Å². The van der Waals surface area contributed by atoms with Gasteiger partial charge in [0.15, 0.2) is 0 Å². The normalized spacial score (nSPS) is 39.0. The van der Waals surface area contributed by atoms with E-state index in [4.69, 9.17) is 5.11 Å². The molecule has 0 spiro atoms. The zero-order valence-corrected chi connectivity index (χ0v) is 7.65. The number of thioether (sulfide) groups is 1. The van der Waals surface area contributed by atoms with Crippen molar-refractivity contribution in [2.24, 2.45) is 17.8 Å². The van der Waals surface area contributed by atoms with Crippen molar-refractivity contribution in [1.82, 2.24) is 0 Å². The highest BCUT2D eigenvalue weighted by Crippen LogP contribution is 2.48. The van der Waals surface area contributed by atoms with Crippen LogP contribution in [0.1, 0.15) is 19.3 Å². The third kappa shape index (κ3) is 1.73. The largest absolute Gasteiger partial charge is 0.396 e. The van der Waals surface area contributed by atoms with Crippen molar-refractivity contribution in [3.63, 3.8) is 0 Å². The van der Waals surface area contributed by atoms with Crippen LogP contribution in [0.5, 0.6) is 0 Å². The van der Waals surface area contributed by atoms with Gasteiger partial charge in [-0.3, -0.25) is 0 Å².